The van der Waals surface area contributed by atoms with Gasteiger partial charge in [0.2, 0.25) is 0 Å². The number of aryl methyl sites for hydroxylation is 1. The number of aromatic nitrogens is 2. The molecule has 0 saturated heterocycles. The summed E-state index contributed by atoms with van der Waals surface area (Å²) in [7, 11) is 1.60. The molecule has 1 atom stereocenters. The van der Waals surface area contributed by atoms with E-state index in [0.717, 1.165) is 11.3 Å². The predicted octanol–water partition coefficient (Wildman–Crippen LogP) is 1.55. The van der Waals surface area contributed by atoms with Crippen LogP contribution in [-0.4, -0.2) is 41.1 Å². The van der Waals surface area contributed by atoms with E-state index in [9.17, 15) is 4.79 Å². The van der Waals surface area contributed by atoms with Gasteiger partial charge in [0.15, 0.2) is 5.69 Å². The highest BCUT2D eigenvalue weighted by molar-refractivity contribution is 5.92. The van der Waals surface area contributed by atoms with Gasteiger partial charge in [-0.05, 0) is 36.6 Å². The Kier molecular flexibility index (Phi) is 5.16. The Morgan fingerprint density at radius 1 is 1.45 bits per heavy atom. The molecule has 22 heavy (non-hydrogen) atoms. The van der Waals surface area contributed by atoms with Gasteiger partial charge in [0, 0.05) is 19.3 Å². The molecule has 1 aromatic heterocycles. The van der Waals surface area contributed by atoms with Crippen molar-refractivity contribution in [2.24, 2.45) is 5.92 Å². The molecular formula is C16H21N3O3. The summed E-state index contributed by atoms with van der Waals surface area (Å²) >= 11 is 0. The molecule has 0 fully saturated rings. The van der Waals surface area contributed by atoms with Crippen LogP contribution in [0.3, 0.4) is 0 Å². The lowest BCUT2D eigenvalue weighted by molar-refractivity contribution is 0.0937. The number of aliphatic hydroxyl groups is 1. The Hall–Kier alpha value is -2.34. The molecule has 0 bridgehead atoms. The van der Waals surface area contributed by atoms with Crippen LogP contribution < -0.4 is 10.1 Å². The van der Waals surface area contributed by atoms with Crippen LogP contribution in [0.5, 0.6) is 5.75 Å². The molecule has 1 heterocycles. The highest BCUT2D eigenvalue weighted by Gasteiger charge is 2.13. The summed E-state index contributed by atoms with van der Waals surface area (Å²) in [5, 5.41) is 16.0. The number of hydrogen-bond acceptors (Lipinski definition) is 4. The topological polar surface area (TPSA) is 76.4 Å². The maximum absolute atomic E-state index is 12.0. The molecular weight excluding hydrogens is 282 g/mol. The Balaban J connectivity index is 2.18. The van der Waals surface area contributed by atoms with E-state index < -0.39 is 0 Å². The van der Waals surface area contributed by atoms with Gasteiger partial charge in [0.05, 0.1) is 7.11 Å². The van der Waals surface area contributed by atoms with E-state index in [1.54, 1.807) is 24.1 Å². The zero-order valence-electron chi connectivity index (χ0n) is 13.0. The largest absolute Gasteiger partial charge is 0.494 e. The van der Waals surface area contributed by atoms with Crippen LogP contribution in [0.2, 0.25) is 0 Å². The van der Waals surface area contributed by atoms with Crippen LogP contribution in [0.1, 0.15) is 23.0 Å². The monoisotopic (exact) mass is 303 g/mol. The predicted molar refractivity (Wildman–Crippen MR) is 83.4 cm³/mol. The van der Waals surface area contributed by atoms with Crippen LogP contribution in [0.25, 0.3) is 5.69 Å². The van der Waals surface area contributed by atoms with E-state index in [2.05, 4.69) is 10.4 Å². The lowest BCUT2D eigenvalue weighted by Crippen LogP contribution is -2.29. The van der Waals surface area contributed by atoms with E-state index in [1.165, 1.54) is 0 Å². The van der Waals surface area contributed by atoms with Crippen molar-refractivity contribution in [3.05, 3.63) is 41.7 Å². The minimum atomic E-state index is -0.259. The second kappa shape index (κ2) is 7.09. The van der Waals surface area contributed by atoms with Crippen LogP contribution >= 0.6 is 0 Å². The molecule has 0 spiro atoms. The molecule has 2 aromatic rings. The minimum Gasteiger partial charge on any atom is -0.494 e. The number of hydrogen-bond donors (Lipinski definition) is 2. The quantitative estimate of drug-likeness (QED) is 0.849. The lowest BCUT2D eigenvalue weighted by atomic mass is 10.2. The van der Waals surface area contributed by atoms with Crippen molar-refractivity contribution >= 4 is 5.91 Å². The number of amides is 1. The van der Waals surface area contributed by atoms with E-state index in [-0.39, 0.29) is 18.4 Å². The Bertz CT molecular complexity index is 652. The number of nitrogens with one attached hydrogen (secondary N) is 1. The maximum Gasteiger partial charge on any atom is 0.271 e. The zero-order valence-corrected chi connectivity index (χ0v) is 13.0. The molecule has 1 amide bonds. The second-order valence-electron chi connectivity index (χ2n) is 5.32. The number of aliphatic hydroxyl groups excluding tert-OH is 1. The molecule has 118 valence electrons. The van der Waals surface area contributed by atoms with Crippen LogP contribution in [0.4, 0.5) is 0 Å². The van der Waals surface area contributed by atoms with Gasteiger partial charge in [-0.2, -0.15) is 5.10 Å². The van der Waals surface area contributed by atoms with Gasteiger partial charge in [-0.25, -0.2) is 4.68 Å². The average Bonchev–Trinajstić information content (AvgIpc) is 3.02. The van der Waals surface area contributed by atoms with Crippen molar-refractivity contribution in [2.45, 2.75) is 13.8 Å². The molecule has 0 aliphatic rings. The van der Waals surface area contributed by atoms with Gasteiger partial charge in [-0.15, -0.1) is 0 Å². The van der Waals surface area contributed by atoms with E-state index in [4.69, 9.17) is 9.84 Å². The van der Waals surface area contributed by atoms with Gasteiger partial charge in [0.1, 0.15) is 11.4 Å². The Morgan fingerprint density at radius 2 is 2.23 bits per heavy atom. The van der Waals surface area contributed by atoms with Crippen molar-refractivity contribution in [3.8, 4) is 11.4 Å². The first-order chi connectivity index (χ1) is 10.5. The molecule has 6 nitrogen and oxygen atoms in total. The summed E-state index contributed by atoms with van der Waals surface area (Å²) in [6.07, 6.45) is 1.72. The van der Waals surface area contributed by atoms with Crippen molar-refractivity contribution < 1.29 is 14.6 Å². The van der Waals surface area contributed by atoms with Gasteiger partial charge >= 0.3 is 0 Å². The standard InChI is InChI=1S/C16H21N3O3/c1-11-4-5-15(22-3)14(8-11)19-7-6-13(18-19)16(21)17-9-12(2)10-20/h4-8,12,20H,9-10H2,1-3H3,(H,17,21). The molecule has 0 aliphatic carbocycles. The fraction of sp³-hybridized carbons (Fsp3) is 0.375. The number of benzene rings is 1. The third-order valence-electron chi connectivity index (χ3n) is 3.33. The summed E-state index contributed by atoms with van der Waals surface area (Å²) < 4.78 is 6.95. The summed E-state index contributed by atoms with van der Waals surface area (Å²) in [6.45, 7) is 4.29. The fourth-order valence-corrected chi connectivity index (χ4v) is 1.98. The normalized spacial score (nSPS) is 12.0. The molecule has 0 radical (unpaired) electrons. The Morgan fingerprint density at radius 3 is 2.91 bits per heavy atom. The molecule has 2 N–H and O–H groups in total. The number of methoxy groups -OCH3 is 1. The molecule has 0 aliphatic heterocycles. The first-order valence-electron chi connectivity index (χ1n) is 7.15. The van der Waals surface area contributed by atoms with Gasteiger partial charge in [-0.3, -0.25) is 4.79 Å². The summed E-state index contributed by atoms with van der Waals surface area (Å²) in [5.41, 5.74) is 2.19. The number of carbonyl (C=O) groups is 1. The van der Waals surface area contributed by atoms with E-state index in [1.807, 2.05) is 32.0 Å². The first kappa shape index (κ1) is 16.0. The number of carbonyl (C=O) groups excluding carboxylic acids is 1. The highest BCUT2D eigenvalue weighted by atomic mass is 16.5. The molecule has 6 heteroatoms. The second-order valence-corrected chi connectivity index (χ2v) is 5.32. The van der Waals surface area contributed by atoms with E-state index in [0.29, 0.717) is 18.0 Å². The average molecular weight is 303 g/mol. The molecule has 0 saturated carbocycles. The smallest absolute Gasteiger partial charge is 0.271 e. The summed E-state index contributed by atoms with van der Waals surface area (Å²) in [5.74, 6) is 0.447. The molecule has 1 unspecified atom stereocenters. The Labute approximate surface area is 129 Å². The molecule has 1 aromatic carbocycles. The summed E-state index contributed by atoms with van der Waals surface area (Å²) in [6, 6.07) is 7.42. The molecule has 2 rings (SSSR count). The minimum absolute atomic E-state index is 0.0166. The number of nitrogens with zero attached hydrogens (tertiary/aromatic N) is 2. The van der Waals surface area contributed by atoms with Crippen molar-refractivity contribution in [1.29, 1.82) is 0 Å². The van der Waals surface area contributed by atoms with Gasteiger partial charge in [-0.1, -0.05) is 13.0 Å². The van der Waals surface area contributed by atoms with Crippen molar-refractivity contribution in [2.75, 3.05) is 20.3 Å². The summed E-state index contributed by atoms with van der Waals surface area (Å²) in [4.78, 5) is 12.0. The SMILES string of the molecule is COc1ccc(C)cc1-n1ccc(C(=O)NCC(C)CO)n1. The van der Waals surface area contributed by atoms with Gasteiger partial charge < -0.3 is 15.2 Å². The van der Waals surface area contributed by atoms with Crippen molar-refractivity contribution in [1.82, 2.24) is 15.1 Å². The van der Waals surface area contributed by atoms with Crippen LogP contribution in [0.15, 0.2) is 30.5 Å². The third-order valence-corrected chi connectivity index (χ3v) is 3.33. The van der Waals surface area contributed by atoms with E-state index >= 15 is 0 Å². The zero-order chi connectivity index (χ0) is 16.1. The third kappa shape index (κ3) is 3.65. The number of rotatable bonds is 6. The van der Waals surface area contributed by atoms with Gasteiger partial charge in [0.25, 0.3) is 5.91 Å². The van der Waals surface area contributed by atoms with Crippen LogP contribution in [-0.2, 0) is 0 Å². The first-order valence-corrected chi connectivity index (χ1v) is 7.15. The van der Waals surface area contributed by atoms with Crippen LogP contribution in [0, 0.1) is 12.8 Å². The maximum atomic E-state index is 12.0. The lowest BCUT2D eigenvalue weighted by Gasteiger charge is -2.10. The number of ether oxygens (including phenoxy) is 1. The fourth-order valence-electron chi connectivity index (χ4n) is 1.98. The highest BCUT2D eigenvalue weighted by Crippen LogP contribution is 2.23. The van der Waals surface area contributed by atoms with Crippen molar-refractivity contribution in [3.63, 3.8) is 0 Å².